The van der Waals surface area contributed by atoms with Crippen LogP contribution in [0.2, 0.25) is 0 Å². The molecule has 4 unspecified atom stereocenters. The van der Waals surface area contributed by atoms with Gasteiger partial charge in [-0.25, -0.2) is 8.93 Å². The monoisotopic (exact) mass is 502 g/mol. The summed E-state index contributed by atoms with van der Waals surface area (Å²) in [7, 11) is 0.894. The predicted molar refractivity (Wildman–Crippen MR) is 136 cm³/mol. The Morgan fingerprint density at radius 2 is 2.06 bits per heavy atom. The standard InChI is InChI=1S/C26H38N4O4S/c1-29-25-8-5-19(13-21(25)14-27-29)18-3-6-23(7-4-18)34-17-22-15-30(11-9-24(22)28-35(2)32)26(31)20-10-12-33-16-20/h5,8,13-14,18,20,22-24,28H,3-4,6-7,9-12,15-17H2,1-2H3. The van der Waals surface area contributed by atoms with Crippen molar-refractivity contribution >= 4 is 27.8 Å². The molecular formula is C26H38N4O4S. The SMILES string of the molecule is Cn1ncc2cc(C3CCC(OCC4CN(C(=O)C5CCOC5)CCC4NS(C)=O)CC3)ccc21. The number of hydrogen-bond donors (Lipinski definition) is 1. The quantitative estimate of drug-likeness (QED) is 0.629. The van der Waals surface area contributed by atoms with Crippen LogP contribution in [0, 0.1) is 11.8 Å². The predicted octanol–water partition coefficient (Wildman–Crippen LogP) is 2.75. The van der Waals surface area contributed by atoms with Crippen LogP contribution < -0.4 is 4.72 Å². The van der Waals surface area contributed by atoms with Gasteiger partial charge in [0, 0.05) is 50.3 Å². The van der Waals surface area contributed by atoms with E-state index in [9.17, 15) is 9.00 Å². The number of ether oxygens (including phenoxy) is 2. The molecule has 3 heterocycles. The molecule has 3 fully saturated rings. The minimum atomic E-state index is -1.09. The van der Waals surface area contributed by atoms with Crippen molar-refractivity contribution in [1.82, 2.24) is 19.4 Å². The van der Waals surface area contributed by atoms with Crippen molar-refractivity contribution in [1.29, 1.82) is 0 Å². The Bertz CT molecular complexity index is 1050. The molecule has 2 aliphatic heterocycles. The largest absolute Gasteiger partial charge is 0.381 e. The first kappa shape index (κ1) is 24.9. The average molecular weight is 503 g/mol. The van der Waals surface area contributed by atoms with Gasteiger partial charge < -0.3 is 14.4 Å². The number of piperidine rings is 1. The summed E-state index contributed by atoms with van der Waals surface area (Å²) in [5.74, 6) is 0.898. The zero-order chi connectivity index (χ0) is 24.4. The van der Waals surface area contributed by atoms with Crippen molar-refractivity contribution < 1.29 is 18.5 Å². The summed E-state index contributed by atoms with van der Waals surface area (Å²) in [6, 6.07) is 6.82. The molecule has 35 heavy (non-hydrogen) atoms. The van der Waals surface area contributed by atoms with E-state index in [1.807, 2.05) is 22.8 Å². The molecule has 1 aliphatic carbocycles. The topological polar surface area (TPSA) is 85.7 Å². The number of fused-ring (bicyclic) bond motifs is 1. The molecule has 9 heteroatoms. The molecule has 0 radical (unpaired) electrons. The first-order valence-electron chi connectivity index (χ1n) is 13.0. The number of benzene rings is 1. The fraction of sp³-hybridized carbons (Fsp3) is 0.692. The molecule has 4 atom stereocenters. The van der Waals surface area contributed by atoms with Gasteiger partial charge in [-0.15, -0.1) is 0 Å². The summed E-state index contributed by atoms with van der Waals surface area (Å²) in [4.78, 5) is 14.9. The van der Waals surface area contributed by atoms with Crippen LogP contribution in [-0.4, -0.2) is 76.1 Å². The third-order valence-corrected chi connectivity index (χ3v) is 8.74. The van der Waals surface area contributed by atoms with Crippen LogP contribution in [0.4, 0.5) is 0 Å². The van der Waals surface area contributed by atoms with Gasteiger partial charge >= 0.3 is 0 Å². The number of rotatable bonds is 7. The summed E-state index contributed by atoms with van der Waals surface area (Å²) in [6.45, 7) is 3.16. The second-order valence-electron chi connectivity index (χ2n) is 10.5. The molecule has 1 aromatic carbocycles. The van der Waals surface area contributed by atoms with E-state index in [0.717, 1.165) is 38.5 Å². The van der Waals surface area contributed by atoms with Gasteiger partial charge in [0.15, 0.2) is 0 Å². The lowest BCUT2D eigenvalue weighted by Crippen LogP contribution is -2.54. The lowest BCUT2D eigenvalue weighted by Gasteiger charge is -2.40. The molecule has 192 valence electrons. The minimum absolute atomic E-state index is 0.0115. The zero-order valence-corrected chi connectivity index (χ0v) is 21.7. The minimum Gasteiger partial charge on any atom is -0.381 e. The van der Waals surface area contributed by atoms with Crippen LogP contribution in [0.1, 0.15) is 50.0 Å². The van der Waals surface area contributed by atoms with Crippen LogP contribution >= 0.6 is 0 Å². The molecular weight excluding hydrogens is 464 g/mol. The van der Waals surface area contributed by atoms with Crippen molar-refractivity contribution in [3.05, 3.63) is 30.0 Å². The number of likely N-dealkylation sites (tertiary alicyclic amines) is 1. The van der Waals surface area contributed by atoms with Crippen LogP contribution in [0.15, 0.2) is 24.4 Å². The third-order valence-electron chi connectivity index (χ3n) is 8.10. The van der Waals surface area contributed by atoms with Gasteiger partial charge in [-0.3, -0.25) is 9.48 Å². The van der Waals surface area contributed by atoms with Gasteiger partial charge in [-0.05, 0) is 62.1 Å². The fourth-order valence-corrected chi connectivity index (χ4v) is 6.75. The number of nitrogens with zero attached hydrogens (tertiary/aromatic N) is 3. The van der Waals surface area contributed by atoms with Crippen LogP contribution in [-0.2, 0) is 32.3 Å². The average Bonchev–Trinajstić information content (AvgIpc) is 3.53. The number of carbonyl (C=O) groups is 1. The van der Waals surface area contributed by atoms with Crippen LogP contribution in [0.5, 0.6) is 0 Å². The smallest absolute Gasteiger partial charge is 0.228 e. The molecule has 1 N–H and O–H groups in total. The fourth-order valence-electron chi connectivity index (χ4n) is 6.02. The number of carbonyl (C=O) groups excluding carboxylic acids is 1. The molecule has 2 aromatic rings. The van der Waals surface area contributed by atoms with E-state index in [1.165, 1.54) is 16.5 Å². The van der Waals surface area contributed by atoms with E-state index in [2.05, 4.69) is 28.0 Å². The van der Waals surface area contributed by atoms with E-state index < -0.39 is 11.0 Å². The highest BCUT2D eigenvalue weighted by Crippen LogP contribution is 2.35. The maximum atomic E-state index is 13.0. The van der Waals surface area contributed by atoms with Gasteiger partial charge in [0.1, 0.15) is 0 Å². The maximum Gasteiger partial charge on any atom is 0.228 e. The van der Waals surface area contributed by atoms with Gasteiger partial charge in [-0.2, -0.15) is 5.10 Å². The Morgan fingerprint density at radius 3 is 2.80 bits per heavy atom. The molecule has 0 spiro atoms. The van der Waals surface area contributed by atoms with Crippen molar-refractivity contribution in [2.45, 2.75) is 56.6 Å². The van der Waals surface area contributed by atoms with Crippen molar-refractivity contribution in [3.8, 4) is 0 Å². The van der Waals surface area contributed by atoms with Crippen molar-refractivity contribution in [2.75, 3.05) is 39.2 Å². The highest BCUT2D eigenvalue weighted by molar-refractivity contribution is 7.82. The van der Waals surface area contributed by atoms with Gasteiger partial charge in [0.2, 0.25) is 5.91 Å². The second kappa shape index (κ2) is 11.1. The third kappa shape index (κ3) is 5.79. The van der Waals surface area contributed by atoms with Crippen LogP contribution in [0.3, 0.4) is 0 Å². The first-order valence-corrected chi connectivity index (χ1v) is 14.5. The number of aromatic nitrogens is 2. The van der Waals surface area contributed by atoms with Gasteiger partial charge in [0.05, 0.1) is 47.9 Å². The van der Waals surface area contributed by atoms with Gasteiger partial charge in [-0.1, -0.05) is 6.07 Å². The lowest BCUT2D eigenvalue weighted by atomic mass is 9.82. The molecule has 1 amide bonds. The van der Waals surface area contributed by atoms with E-state index in [4.69, 9.17) is 9.47 Å². The van der Waals surface area contributed by atoms with Gasteiger partial charge in [0.25, 0.3) is 0 Å². The lowest BCUT2D eigenvalue weighted by molar-refractivity contribution is -0.138. The summed E-state index contributed by atoms with van der Waals surface area (Å²) < 4.78 is 28.9. The molecule has 0 bridgehead atoms. The van der Waals surface area contributed by atoms with Crippen molar-refractivity contribution in [3.63, 3.8) is 0 Å². The normalized spacial score (nSPS) is 30.6. The molecule has 1 saturated carbocycles. The highest BCUT2D eigenvalue weighted by atomic mass is 32.2. The number of aryl methyl sites for hydroxylation is 1. The zero-order valence-electron chi connectivity index (χ0n) is 20.9. The van der Waals surface area contributed by atoms with E-state index in [1.54, 1.807) is 6.26 Å². The summed E-state index contributed by atoms with van der Waals surface area (Å²) in [5, 5.41) is 5.57. The first-order chi connectivity index (χ1) is 17.0. The van der Waals surface area contributed by atoms with E-state index in [0.29, 0.717) is 38.8 Å². The molecule has 3 aliphatic rings. The Balaban J connectivity index is 1.15. The summed E-state index contributed by atoms with van der Waals surface area (Å²) >= 11 is 0. The number of hydrogen-bond acceptors (Lipinski definition) is 5. The number of nitrogens with one attached hydrogen (secondary N) is 1. The molecule has 2 saturated heterocycles. The summed E-state index contributed by atoms with van der Waals surface area (Å²) in [6.07, 6.45) is 9.81. The Labute approximate surface area is 210 Å². The molecule has 8 nitrogen and oxygen atoms in total. The Hall–Kier alpha value is -1.81. The Kier molecular flexibility index (Phi) is 7.86. The van der Waals surface area contributed by atoms with Crippen molar-refractivity contribution in [2.24, 2.45) is 18.9 Å². The van der Waals surface area contributed by atoms with E-state index in [-0.39, 0.29) is 29.9 Å². The van der Waals surface area contributed by atoms with Crippen LogP contribution in [0.25, 0.3) is 10.9 Å². The number of amides is 1. The molecule has 5 rings (SSSR count). The van der Waals surface area contributed by atoms with E-state index >= 15 is 0 Å². The second-order valence-corrected chi connectivity index (χ2v) is 11.6. The highest BCUT2D eigenvalue weighted by Gasteiger charge is 2.36. The molecule has 1 aromatic heterocycles. The summed E-state index contributed by atoms with van der Waals surface area (Å²) in [5.41, 5.74) is 2.57. The Morgan fingerprint density at radius 1 is 1.23 bits per heavy atom. The maximum absolute atomic E-state index is 13.0.